The van der Waals surface area contributed by atoms with Crippen molar-refractivity contribution in [3.8, 4) is 0 Å². The van der Waals surface area contributed by atoms with E-state index in [4.69, 9.17) is 25.3 Å². The molecule has 4 unspecified atom stereocenters. The molecule has 0 fully saturated rings. The van der Waals surface area contributed by atoms with Crippen molar-refractivity contribution < 1.29 is 25.3 Å². The van der Waals surface area contributed by atoms with Crippen molar-refractivity contribution in [3.63, 3.8) is 0 Å². The van der Waals surface area contributed by atoms with Crippen LogP contribution in [0.15, 0.2) is 0 Å². The minimum atomic E-state index is -2.91. The topological polar surface area (TPSA) is 71.6 Å². The minimum Gasteiger partial charge on any atom is -0.416 e. The van der Waals surface area contributed by atoms with Gasteiger partial charge >= 0.3 is 42.8 Å². The maximum Gasteiger partial charge on any atom is 0.325 e. The molecule has 0 aliphatic heterocycles. The second-order valence-corrected chi connectivity index (χ2v) is 35.1. The Hall–Kier alpha value is 0.644. The molecule has 0 aromatic rings. The van der Waals surface area contributed by atoms with Crippen molar-refractivity contribution in [1.29, 1.82) is 0 Å². The molecule has 58 heavy (non-hydrogen) atoms. The van der Waals surface area contributed by atoms with E-state index in [1.54, 1.807) is 0 Å². The predicted molar refractivity (Wildman–Crippen MR) is 263 cm³/mol. The maximum atomic E-state index is 7.80. The highest BCUT2D eigenvalue weighted by atomic mass is 28.5. The van der Waals surface area contributed by atoms with E-state index in [1.165, 1.54) is 0 Å². The molecule has 11 nitrogen and oxygen atoms in total. The smallest absolute Gasteiger partial charge is 0.325 e. The van der Waals surface area contributed by atoms with Crippen molar-refractivity contribution in [2.45, 2.75) is 164 Å². The molecule has 0 saturated carbocycles. The highest BCUT2D eigenvalue weighted by molar-refractivity contribution is 6.90. The van der Waals surface area contributed by atoms with Crippen LogP contribution in [0.2, 0.25) is 63.0 Å². The molecular formula is C42H101N5O6Si5. The molecule has 0 N–H and O–H groups in total. The Kier molecular flexibility index (Phi) is 31.8. The van der Waals surface area contributed by atoms with Gasteiger partial charge in [0.05, 0.1) is 0 Å². The molecule has 0 aliphatic rings. The van der Waals surface area contributed by atoms with E-state index in [0.717, 1.165) is 160 Å². The fourth-order valence-corrected chi connectivity index (χ4v) is 33.0. The number of nitrogens with zero attached hydrogens (tertiary/aromatic N) is 5. The Morgan fingerprint density at radius 2 is 0.431 bits per heavy atom. The normalized spacial score (nSPS) is 17.9. The lowest BCUT2D eigenvalue weighted by atomic mass is 10.4. The average molecular weight is 913 g/mol. The van der Waals surface area contributed by atoms with E-state index >= 15 is 0 Å². The lowest BCUT2D eigenvalue weighted by Gasteiger charge is -2.46. The van der Waals surface area contributed by atoms with Gasteiger partial charge < -0.3 is 49.8 Å². The summed E-state index contributed by atoms with van der Waals surface area (Å²) in [6.45, 7) is 50.0. The van der Waals surface area contributed by atoms with Gasteiger partial charge in [-0.25, -0.2) is 0 Å². The zero-order valence-electron chi connectivity index (χ0n) is 41.9. The first-order valence-corrected chi connectivity index (χ1v) is 36.6. The first-order chi connectivity index (χ1) is 27.4. The quantitative estimate of drug-likeness (QED) is 0.0553. The van der Waals surface area contributed by atoms with Gasteiger partial charge in [0.1, 0.15) is 0 Å². The zero-order chi connectivity index (χ0) is 44.3. The Morgan fingerprint density at radius 1 is 0.276 bits per heavy atom. The summed E-state index contributed by atoms with van der Waals surface area (Å²) in [5.41, 5.74) is 0. The molecule has 350 valence electrons. The summed E-state index contributed by atoms with van der Waals surface area (Å²) in [7, 11) is -9.98. The van der Waals surface area contributed by atoms with Gasteiger partial charge in [-0.1, -0.05) is 69.2 Å². The van der Waals surface area contributed by atoms with E-state index in [0.29, 0.717) is 0 Å². The summed E-state index contributed by atoms with van der Waals surface area (Å²) in [5, 5.41) is 0. The van der Waals surface area contributed by atoms with Crippen LogP contribution < -0.4 is 0 Å². The lowest BCUT2D eigenvalue weighted by Crippen LogP contribution is -2.62. The first kappa shape index (κ1) is 58.6. The van der Waals surface area contributed by atoms with Crippen LogP contribution >= 0.6 is 0 Å². The Bertz CT molecular complexity index is 938. The van der Waals surface area contributed by atoms with Gasteiger partial charge in [0, 0.05) is 14.2 Å². The second kappa shape index (κ2) is 31.5. The van der Waals surface area contributed by atoms with Gasteiger partial charge in [0.15, 0.2) is 0 Å². The van der Waals surface area contributed by atoms with Crippen LogP contribution in [0.5, 0.6) is 0 Å². The van der Waals surface area contributed by atoms with Crippen LogP contribution in [0.25, 0.3) is 0 Å². The summed E-state index contributed by atoms with van der Waals surface area (Å²) in [6, 6.07) is 4.66. The van der Waals surface area contributed by atoms with E-state index < -0.39 is 42.8 Å². The molecule has 0 amide bonds. The van der Waals surface area contributed by atoms with Crippen LogP contribution in [-0.4, -0.2) is 180 Å². The van der Waals surface area contributed by atoms with Crippen molar-refractivity contribution >= 4 is 42.8 Å². The van der Waals surface area contributed by atoms with Crippen LogP contribution in [-0.2, 0) is 25.3 Å². The molecule has 0 aromatic carbocycles. The first-order valence-electron chi connectivity index (χ1n) is 23.9. The summed E-state index contributed by atoms with van der Waals surface area (Å²) in [5.74, 6) is 0. The third-order valence-corrected chi connectivity index (χ3v) is 34.4. The highest BCUT2D eigenvalue weighted by Crippen LogP contribution is 2.35. The molecule has 0 aliphatic carbocycles. The summed E-state index contributed by atoms with van der Waals surface area (Å²) < 4.78 is 43.5. The van der Waals surface area contributed by atoms with E-state index in [-0.39, 0.29) is 0 Å². The molecule has 0 heterocycles. The third kappa shape index (κ3) is 23.9. The average Bonchev–Trinajstić information content (AvgIpc) is 3.19. The SMILES string of the molecule is CCN(CC)CCC[Si](C)(OC)O[Si](C)(CCCN(CC)CC)O[Si](C)(CCCN(CC)CC)O[Si](C)(CCCN(CC)CC)O[Si](C)(CCCN(CC)CC)OC. The van der Waals surface area contributed by atoms with Crippen molar-refractivity contribution in [2.75, 3.05) is 112 Å². The van der Waals surface area contributed by atoms with Gasteiger partial charge in [-0.2, -0.15) is 0 Å². The molecule has 0 aromatic heterocycles. The molecule has 4 atom stereocenters. The van der Waals surface area contributed by atoms with E-state index in [2.05, 4.69) is 126 Å². The third-order valence-electron chi connectivity index (χ3n) is 12.6. The number of hydrogen-bond donors (Lipinski definition) is 0. The van der Waals surface area contributed by atoms with Crippen LogP contribution in [0.4, 0.5) is 0 Å². The molecule has 0 bridgehead atoms. The van der Waals surface area contributed by atoms with Crippen molar-refractivity contribution in [3.05, 3.63) is 0 Å². The molecule has 0 saturated heterocycles. The predicted octanol–water partition coefficient (Wildman–Crippen LogP) is 9.37. The maximum absolute atomic E-state index is 7.80. The van der Waals surface area contributed by atoms with Crippen LogP contribution in [0.1, 0.15) is 101 Å². The zero-order valence-corrected chi connectivity index (χ0v) is 46.9. The molecular weight excluding hydrogens is 811 g/mol. The highest BCUT2D eigenvalue weighted by Gasteiger charge is 2.52. The fraction of sp³-hybridized carbons (Fsp3) is 1.00. The van der Waals surface area contributed by atoms with E-state index in [9.17, 15) is 0 Å². The van der Waals surface area contributed by atoms with Crippen molar-refractivity contribution in [1.82, 2.24) is 24.5 Å². The van der Waals surface area contributed by atoms with Gasteiger partial charge in [0.25, 0.3) is 0 Å². The molecule has 0 spiro atoms. The second-order valence-electron chi connectivity index (χ2n) is 17.1. The molecule has 0 radical (unpaired) electrons. The summed E-state index contributed by atoms with van der Waals surface area (Å²) in [4.78, 5) is 12.6. The minimum absolute atomic E-state index is 0.911. The van der Waals surface area contributed by atoms with Crippen LogP contribution in [0.3, 0.4) is 0 Å². The Balaban J connectivity index is 7.11. The molecule has 0 rings (SSSR count). The van der Waals surface area contributed by atoms with Crippen LogP contribution in [0, 0.1) is 0 Å². The van der Waals surface area contributed by atoms with Gasteiger partial charge in [-0.3, -0.25) is 0 Å². The van der Waals surface area contributed by atoms with Gasteiger partial charge in [-0.05, 0) is 193 Å². The Labute approximate surface area is 367 Å². The molecule has 16 heteroatoms. The monoisotopic (exact) mass is 912 g/mol. The number of rotatable bonds is 40. The fourth-order valence-electron chi connectivity index (χ4n) is 8.40. The summed E-state index contributed by atoms with van der Waals surface area (Å²) in [6.07, 6.45) is 5.24. The standard InChI is InChI=1S/C42H101N5O6Si5/c1-18-43(19-2)33-28-38-54(13,48-11)50-56(15,40-30-35-45(22-5)23-6)52-58(17,42-32-37-47(26-9)27-10)53-57(16,41-31-36-46(24-7)25-8)51-55(14,49-12)39-29-34-44(20-3)21-4/h18-42H2,1-17H3. The largest absolute Gasteiger partial charge is 0.416 e. The van der Waals surface area contributed by atoms with Gasteiger partial charge in [0.2, 0.25) is 0 Å². The van der Waals surface area contributed by atoms with E-state index in [1.807, 2.05) is 14.2 Å². The number of hydrogen-bond acceptors (Lipinski definition) is 11. The lowest BCUT2D eigenvalue weighted by molar-refractivity contribution is 0.222. The Morgan fingerprint density at radius 3 is 0.586 bits per heavy atom. The van der Waals surface area contributed by atoms with Crippen molar-refractivity contribution in [2.24, 2.45) is 0 Å². The van der Waals surface area contributed by atoms with Gasteiger partial charge in [-0.15, -0.1) is 0 Å². The summed E-state index contributed by atoms with van der Waals surface area (Å²) >= 11 is 0.